The summed E-state index contributed by atoms with van der Waals surface area (Å²) in [4.78, 5) is 16.8. The number of hydrogen-bond donors (Lipinski definition) is 0. The number of hydrogen-bond acceptors (Lipinski definition) is 6. The molecule has 1 aliphatic heterocycles. The molecule has 156 valence electrons. The minimum absolute atomic E-state index is 0.0230. The largest absolute Gasteiger partial charge is 0.497 e. The number of aromatic nitrogens is 4. The van der Waals surface area contributed by atoms with Crippen molar-refractivity contribution in [3.63, 3.8) is 0 Å². The van der Waals surface area contributed by atoms with Gasteiger partial charge in [-0.2, -0.15) is 5.10 Å². The van der Waals surface area contributed by atoms with Crippen LogP contribution in [-0.2, 0) is 0 Å². The van der Waals surface area contributed by atoms with Gasteiger partial charge in [-0.05, 0) is 56.7 Å². The molecule has 3 heterocycles. The lowest BCUT2D eigenvalue weighted by Gasteiger charge is -2.35. The lowest BCUT2D eigenvalue weighted by Crippen LogP contribution is -2.49. The van der Waals surface area contributed by atoms with E-state index in [9.17, 15) is 4.79 Å². The maximum atomic E-state index is 12.8. The van der Waals surface area contributed by atoms with Gasteiger partial charge in [0.15, 0.2) is 11.6 Å². The average Bonchev–Trinajstić information content (AvgIpc) is 3.06. The predicted molar refractivity (Wildman–Crippen MR) is 114 cm³/mol. The molecule has 0 spiro atoms. The van der Waals surface area contributed by atoms with Crippen LogP contribution in [0.4, 0.5) is 5.82 Å². The van der Waals surface area contributed by atoms with Crippen molar-refractivity contribution in [3.05, 3.63) is 58.9 Å². The highest BCUT2D eigenvalue weighted by atomic mass is 16.5. The van der Waals surface area contributed by atoms with Gasteiger partial charge in [-0.1, -0.05) is 6.07 Å². The smallest absolute Gasteiger partial charge is 0.254 e. The van der Waals surface area contributed by atoms with E-state index in [2.05, 4.69) is 27.1 Å². The van der Waals surface area contributed by atoms with Gasteiger partial charge >= 0.3 is 0 Å². The molecule has 1 amide bonds. The van der Waals surface area contributed by atoms with Crippen molar-refractivity contribution in [2.75, 3.05) is 38.2 Å². The molecule has 30 heavy (non-hydrogen) atoms. The Bertz CT molecular complexity index is 1050. The highest BCUT2D eigenvalue weighted by molar-refractivity contribution is 5.94. The zero-order valence-electron chi connectivity index (χ0n) is 17.8. The molecule has 1 saturated heterocycles. The molecule has 4 rings (SSSR count). The Kier molecular flexibility index (Phi) is 5.39. The molecule has 8 nitrogen and oxygen atoms in total. The Balaban J connectivity index is 1.41. The number of benzene rings is 1. The number of piperazine rings is 1. The van der Waals surface area contributed by atoms with E-state index in [0.29, 0.717) is 43.3 Å². The molecule has 0 bridgehead atoms. The zero-order chi connectivity index (χ0) is 21.3. The SMILES string of the molecule is COc1cccc(C(=O)N2CCN(c3ccc(-n4nc(C)c(C)c4C)nn3)CC2)c1. The van der Waals surface area contributed by atoms with Crippen molar-refractivity contribution in [1.82, 2.24) is 24.9 Å². The first-order valence-electron chi connectivity index (χ1n) is 10.0. The summed E-state index contributed by atoms with van der Waals surface area (Å²) in [6.45, 7) is 8.77. The molecule has 0 aliphatic carbocycles. The number of anilines is 1. The fourth-order valence-electron chi connectivity index (χ4n) is 3.62. The standard InChI is InChI=1S/C22H26N6O2/c1-15-16(2)25-28(17(15)3)21-9-8-20(23-24-21)26-10-12-27(13-11-26)22(29)18-6-5-7-19(14-18)30-4/h5-9,14H,10-13H2,1-4H3. The number of methoxy groups -OCH3 is 1. The van der Waals surface area contributed by atoms with Crippen LogP contribution in [0, 0.1) is 20.8 Å². The maximum Gasteiger partial charge on any atom is 0.254 e. The summed E-state index contributed by atoms with van der Waals surface area (Å²) < 4.78 is 7.05. The molecule has 3 aromatic rings. The summed E-state index contributed by atoms with van der Waals surface area (Å²) in [6.07, 6.45) is 0. The molecule has 8 heteroatoms. The molecule has 0 unspecified atom stereocenters. The minimum atomic E-state index is 0.0230. The quantitative estimate of drug-likeness (QED) is 0.663. The van der Waals surface area contributed by atoms with Crippen molar-refractivity contribution in [1.29, 1.82) is 0 Å². The average molecular weight is 406 g/mol. The van der Waals surface area contributed by atoms with Crippen molar-refractivity contribution in [3.8, 4) is 11.6 Å². The summed E-state index contributed by atoms with van der Waals surface area (Å²) >= 11 is 0. The Morgan fingerprint density at radius 2 is 1.67 bits per heavy atom. The van der Waals surface area contributed by atoms with Gasteiger partial charge in [-0.25, -0.2) is 4.68 Å². The van der Waals surface area contributed by atoms with Gasteiger partial charge in [0.1, 0.15) is 5.75 Å². The Hall–Kier alpha value is -3.42. The maximum absolute atomic E-state index is 12.8. The Labute approximate surface area is 176 Å². The van der Waals surface area contributed by atoms with Gasteiger partial charge < -0.3 is 14.5 Å². The Morgan fingerprint density at radius 3 is 2.27 bits per heavy atom. The van der Waals surface area contributed by atoms with Crippen LogP contribution in [0.15, 0.2) is 36.4 Å². The highest BCUT2D eigenvalue weighted by Crippen LogP contribution is 2.19. The lowest BCUT2D eigenvalue weighted by molar-refractivity contribution is 0.0746. The van der Waals surface area contributed by atoms with E-state index in [4.69, 9.17) is 4.74 Å². The number of carbonyl (C=O) groups excluding carboxylic acids is 1. The third-order valence-electron chi connectivity index (χ3n) is 5.71. The van der Waals surface area contributed by atoms with E-state index < -0.39 is 0 Å². The summed E-state index contributed by atoms with van der Waals surface area (Å²) in [5.41, 5.74) is 3.87. The van der Waals surface area contributed by atoms with Crippen LogP contribution in [0.1, 0.15) is 27.3 Å². The number of amides is 1. The van der Waals surface area contributed by atoms with Gasteiger partial charge in [-0.3, -0.25) is 4.79 Å². The van der Waals surface area contributed by atoms with Crippen molar-refractivity contribution >= 4 is 11.7 Å². The van der Waals surface area contributed by atoms with Crippen LogP contribution < -0.4 is 9.64 Å². The van der Waals surface area contributed by atoms with Crippen molar-refractivity contribution < 1.29 is 9.53 Å². The topological polar surface area (TPSA) is 76.4 Å². The number of nitrogens with zero attached hydrogens (tertiary/aromatic N) is 6. The first-order valence-corrected chi connectivity index (χ1v) is 10.0. The number of aryl methyl sites for hydroxylation is 1. The van der Waals surface area contributed by atoms with Crippen LogP contribution in [0.5, 0.6) is 5.75 Å². The summed E-state index contributed by atoms with van der Waals surface area (Å²) in [7, 11) is 1.60. The monoisotopic (exact) mass is 406 g/mol. The second-order valence-electron chi connectivity index (χ2n) is 7.47. The lowest BCUT2D eigenvalue weighted by atomic mass is 10.1. The minimum Gasteiger partial charge on any atom is -0.497 e. The van der Waals surface area contributed by atoms with Crippen LogP contribution in [0.3, 0.4) is 0 Å². The first kappa shape index (κ1) is 19.9. The third kappa shape index (κ3) is 3.72. The Morgan fingerprint density at radius 1 is 0.967 bits per heavy atom. The summed E-state index contributed by atoms with van der Waals surface area (Å²) in [5, 5.41) is 13.3. The summed E-state index contributed by atoms with van der Waals surface area (Å²) in [5.74, 6) is 2.23. The van der Waals surface area contributed by atoms with E-state index >= 15 is 0 Å². The van der Waals surface area contributed by atoms with E-state index in [1.807, 2.05) is 53.8 Å². The molecule has 0 N–H and O–H groups in total. The molecular formula is C22H26N6O2. The van der Waals surface area contributed by atoms with Crippen LogP contribution in [0.25, 0.3) is 5.82 Å². The second kappa shape index (κ2) is 8.14. The van der Waals surface area contributed by atoms with Crippen LogP contribution in [-0.4, -0.2) is 64.1 Å². The zero-order valence-corrected chi connectivity index (χ0v) is 17.8. The van der Waals surface area contributed by atoms with Gasteiger partial charge in [0.05, 0.1) is 12.8 Å². The highest BCUT2D eigenvalue weighted by Gasteiger charge is 2.23. The number of rotatable bonds is 4. The van der Waals surface area contributed by atoms with E-state index in [0.717, 1.165) is 22.8 Å². The number of ether oxygens (including phenoxy) is 1. The van der Waals surface area contributed by atoms with Gasteiger partial charge in [-0.15, -0.1) is 10.2 Å². The molecule has 1 aliphatic rings. The second-order valence-corrected chi connectivity index (χ2v) is 7.47. The van der Waals surface area contributed by atoms with E-state index in [1.54, 1.807) is 13.2 Å². The first-order chi connectivity index (χ1) is 14.5. The molecular weight excluding hydrogens is 380 g/mol. The van der Waals surface area contributed by atoms with Gasteiger partial charge in [0, 0.05) is 37.4 Å². The molecule has 0 atom stereocenters. The van der Waals surface area contributed by atoms with Crippen molar-refractivity contribution in [2.24, 2.45) is 0 Å². The third-order valence-corrected chi connectivity index (χ3v) is 5.71. The van der Waals surface area contributed by atoms with Crippen molar-refractivity contribution in [2.45, 2.75) is 20.8 Å². The van der Waals surface area contributed by atoms with Crippen LogP contribution in [0.2, 0.25) is 0 Å². The molecule has 1 fully saturated rings. The fraction of sp³-hybridized carbons (Fsp3) is 0.364. The molecule has 0 radical (unpaired) electrons. The normalized spacial score (nSPS) is 14.1. The van der Waals surface area contributed by atoms with E-state index in [-0.39, 0.29) is 5.91 Å². The van der Waals surface area contributed by atoms with Gasteiger partial charge in [0.2, 0.25) is 0 Å². The molecule has 2 aromatic heterocycles. The predicted octanol–water partition coefficient (Wildman–Crippen LogP) is 2.56. The van der Waals surface area contributed by atoms with Crippen LogP contribution >= 0.6 is 0 Å². The fourth-order valence-corrected chi connectivity index (χ4v) is 3.62. The summed E-state index contributed by atoms with van der Waals surface area (Å²) in [6, 6.07) is 11.2. The van der Waals surface area contributed by atoms with E-state index in [1.165, 1.54) is 0 Å². The molecule has 0 saturated carbocycles. The van der Waals surface area contributed by atoms with Gasteiger partial charge in [0.25, 0.3) is 5.91 Å². The number of carbonyl (C=O) groups is 1. The molecule has 1 aromatic carbocycles.